The van der Waals surface area contributed by atoms with E-state index in [0.29, 0.717) is 16.8 Å². The van der Waals surface area contributed by atoms with Crippen LogP contribution in [0.4, 0.5) is 25.8 Å². The van der Waals surface area contributed by atoms with Crippen LogP contribution in [-0.2, 0) is 51.2 Å². The molecule has 4 amide bonds. The number of alkyl carbamates (subject to hydrolysis) is 2. The second kappa shape index (κ2) is 21.4. The van der Waals surface area contributed by atoms with E-state index in [4.69, 9.17) is 44.6 Å². The third-order valence-electron chi connectivity index (χ3n) is 10.7. The normalized spacial score (nSPS) is 28.9. The number of carbonyl (C=O) groups excluding carboxylic acids is 4. The SMILES string of the molecule is CC(=O)N[C@@H]1C[C@H](NC(=O)OCc2ccc(N)cc2)[C@@H](O[C@H]2OC(CN)=CC[C@H]2NC(=O)OCc2ccc([N+](=O)[O-])cc2)[C@H](O)[C@H]1O[C@H]1OC[C@](C)(O)[C@H](N(C)C(=O)OC(C)(C)C)[C@H]1O. The minimum absolute atomic E-state index is 0.0839. The molecule has 2 aromatic carbocycles. The summed E-state index contributed by atoms with van der Waals surface area (Å²) < 4.78 is 40.9. The number of non-ortho nitro benzene ring substituents is 1. The highest BCUT2D eigenvalue weighted by Crippen LogP contribution is 2.35. The van der Waals surface area contributed by atoms with E-state index < -0.39 is 108 Å². The van der Waals surface area contributed by atoms with E-state index in [0.717, 1.165) is 4.90 Å². The number of nitro groups is 1. The molecule has 1 saturated heterocycles. The van der Waals surface area contributed by atoms with Crippen molar-refractivity contribution >= 4 is 35.6 Å². The fraction of sp³-hybridized carbons (Fsp3) is 0.571. The molecule has 65 heavy (non-hydrogen) atoms. The maximum Gasteiger partial charge on any atom is 0.410 e. The zero-order valence-corrected chi connectivity index (χ0v) is 36.9. The molecule has 0 unspecified atom stereocenters. The Balaban J connectivity index is 1.41. The number of amides is 4. The van der Waals surface area contributed by atoms with Gasteiger partial charge in [0, 0.05) is 31.8 Å². The smallest absolute Gasteiger partial charge is 0.410 e. The highest BCUT2D eigenvalue weighted by atomic mass is 16.7. The summed E-state index contributed by atoms with van der Waals surface area (Å²) in [6, 6.07) is 7.34. The van der Waals surface area contributed by atoms with Crippen LogP contribution in [0.25, 0.3) is 0 Å². The van der Waals surface area contributed by atoms with E-state index in [1.165, 1.54) is 45.2 Å². The lowest BCUT2D eigenvalue weighted by atomic mass is 9.83. The average molecular weight is 918 g/mol. The number of aliphatic hydroxyl groups is 3. The van der Waals surface area contributed by atoms with Crippen LogP contribution in [0.3, 0.4) is 0 Å². The van der Waals surface area contributed by atoms with Crippen molar-refractivity contribution in [3.05, 3.63) is 81.6 Å². The number of hydrogen-bond acceptors (Lipinski definition) is 18. The van der Waals surface area contributed by atoms with Gasteiger partial charge in [0.2, 0.25) is 12.2 Å². The molecule has 0 bridgehead atoms. The summed E-state index contributed by atoms with van der Waals surface area (Å²) in [6.45, 7) is 6.56. The lowest BCUT2D eigenvalue weighted by molar-refractivity contribution is -0.384. The lowest BCUT2D eigenvalue weighted by Crippen LogP contribution is -2.70. The number of nitrogens with zero attached hydrogens (tertiary/aromatic N) is 2. The van der Waals surface area contributed by atoms with E-state index in [9.17, 15) is 44.6 Å². The molecular formula is C42H59N7O16. The number of ether oxygens (including phenoxy) is 7. The van der Waals surface area contributed by atoms with Crippen molar-refractivity contribution in [2.24, 2.45) is 5.73 Å². The summed E-state index contributed by atoms with van der Waals surface area (Å²) >= 11 is 0. The first-order valence-corrected chi connectivity index (χ1v) is 20.8. The molecule has 358 valence electrons. The molecule has 1 aliphatic carbocycles. The van der Waals surface area contributed by atoms with Gasteiger partial charge in [-0.25, -0.2) is 14.4 Å². The van der Waals surface area contributed by atoms with Crippen molar-refractivity contribution in [1.29, 1.82) is 0 Å². The molecule has 2 heterocycles. The third-order valence-corrected chi connectivity index (χ3v) is 10.7. The van der Waals surface area contributed by atoms with Crippen LogP contribution < -0.4 is 27.4 Å². The molecule has 10 N–H and O–H groups in total. The van der Waals surface area contributed by atoms with Crippen molar-refractivity contribution in [3.63, 3.8) is 0 Å². The second-order valence-corrected chi connectivity index (χ2v) is 17.2. The highest BCUT2D eigenvalue weighted by molar-refractivity contribution is 5.73. The Labute approximate surface area is 374 Å². The van der Waals surface area contributed by atoms with E-state index in [2.05, 4.69) is 16.0 Å². The number of nitrogen functional groups attached to an aromatic ring is 1. The van der Waals surface area contributed by atoms with Gasteiger partial charge in [-0.1, -0.05) is 12.1 Å². The summed E-state index contributed by atoms with van der Waals surface area (Å²) in [5.41, 5.74) is 10.4. The van der Waals surface area contributed by atoms with Crippen molar-refractivity contribution < 1.29 is 72.6 Å². The molecule has 11 atom stereocenters. The highest BCUT2D eigenvalue weighted by Gasteiger charge is 2.55. The summed E-state index contributed by atoms with van der Waals surface area (Å²) in [4.78, 5) is 63.9. The Morgan fingerprint density at radius 2 is 1.43 bits per heavy atom. The van der Waals surface area contributed by atoms with Crippen LogP contribution in [0.5, 0.6) is 0 Å². The minimum Gasteiger partial charge on any atom is -0.466 e. The summed E-state index contributed by atoms with van der Waals surface area (Å²) in [5.74, 6) is -0.292. The molecule has 0 spiro atoms. The quantitative estimate of drug-likeness (QED) is 0.0575. The average Bonchev–Trinajstić information content (AvgIpc) is 3.23. The lowest BCUT2D eigenvalue weighted by Gasteiger charge is -2.50. The van der Waals surface area contributed by atoms with Gasteiger partial charge in [0.05, 0.1) is 42.2 Å². The van der Waals surface area contributed by atoms with Crippen LogP contribution >= 0.6 is 0 Å². The third kappa shape index (κ3) is 13.6. The largest absolute Gasteiger partial charge is 0.466 e. The van der Waals surface area contributed by atoms with Gasteiger partial charge in [-0.05, 0) is 82.0 Å². The number of rotatable bonds is 14. The molecule has 2 aromatic rings. The topological polar surface area (TPSA) is 328 Å². The number of nitrogens with two attached hydrogens (primary N) is 2. The summed E-state index contributed by atoms with van der Waals surface area (Å²) in [5, 5.41) is 54.5. The standard InChI is InChI=1S/C42H59N7O16/c1-22(50)45-29-17-30(47-39(54)60-19-23-7-11-25(44)12-8-23)34(31(51)33(29)64-37-32(52)35(42(5,56)21-61-37)48(6)40(55)65-41(2,3)4)63-36-28(16-15-27(18-43)62-36)46-38(53)59-20-24-9-13-26(14-10-24)49(57)58/h7-15,28-37,51-52,56H,16-21,43-44H2,1-6H3,(H,45,50)(H,46,53)(H,47,54)/t28-,29-,30+,31-,32-,33+,34-,35-,36-,37-,42+/m1/s1. The van der Waals surface area contributed by atoms with Gasteiger partial charge in [0.25, 0.3) is 5.69 Å². The Kier molecular flexibility index (Phi) is 16.6. The van der Waals surface area contributed by atoms with E-state index in [-0.39, 0.29) is 44.0 Å². The molecule has 23 heteroatoms. The molecule has 1 saturated carbocycles. The number of anilines is 1. The number of benzene rings is 2. The van der Waals surface area contributed by atoms with Gasteiger partial charge in [0.15, 0.2) is 6.29 Å². The summed E-state index contributed by atoms with van der Waals surface area (Å²) in [6.07, 6.45) is -10.8. The number of aliphatic hydroxyl groups excluding tert-OH is 2. The predicted molar refractivity (Wildman–Crippen MR) is 227 cm³/mol. The van der Waals surface area contributed by atoms with Crippen molar-refractivity contribution in [3.8, 4) is 0 Å². The molecule has 3 aliphatic rings. The van der Waals surface area contributed by atoms with Crippen LogP contribution in [0.1, 0.15) is 58.6 Å². The summed E-state index contributed by atoms with van der Waals surface area (Å²) in [7, 11) is 1.32. The van der Waals surface area contributed by atoms with Crippen molar-refractivity contribution in [2.75, 3.05) is 25.9 Å². The van der Waals surface area contributed by atoms with E-state index in [1.54, 1.807) is 51.1 Å². The minimum atomic E-state index is -1.82. The van der Waals surface area contributed by atoms with Crippen LogP contribution in [0.2, 0.25) is 0 Å². The number of nitro benzene ring substituents is 1. The van der Waals surface area contributed by atoms with Crippen molar-refractivity contribution in [2.45, 2.75) is 133 Å². The first-order chi connectivity index (χ1) is 30.5. The number of hydrogen-bond donors (Lipinski definition) is 8. The van der Waals surface area contributed by atoms with Gasteiger partial charge in [-0.2, -0.15) is 0 Å². The van der Waals surface area contributed by atoms with Crippen LogP contribution in [0, 0.1) is 10.1 Å². The zero-order chi connectivity index (χ0) is 47.8. The fourth-order valence-corrected chi connectivity index (χ4v) is 7.62. The molecule has 2 fully saturated rings. The first kappa shape index (κ1) is 50.2. The predicted octanol–water partition coefficient (Wildman–Crippen LogP) is 1.40. The van der Waals surface area contributed by atoms with Gasteiger partial charge in [-0.15, -0.1) is 0 Å². The van der Waals surface area contributed by atoms with Crippen molar-refractivity contribution in [1.82, 2.24) is 20.9 Å². The molecule has 23 nitrogen and oxygen atoms in total. The van der Waals surface area contributed by atoms with Gasteiger partial charge >= 0.3 is 18.3 Å². The van der Waals surface area contributed by atoms with Gasteiger partial charge < -0.3 is 80.8 Å². The molecule has 5 rings (SSSR count). The first-order valence-electron chi connectivity index (χ1n) is 20.8. The monoisotopic (exact) mass is 917 g/mol. The molecule has 2 aliphatic heterocycles. The molecule has 0 aromatic heterocycles. The maximum absolute atomic E-state index is 13.4. The Hall–Kier alpha value is -5.82. The number of nitrogens with one attached hydrogen (secondary N) is 3. The van der Waals surface area contributed by atoms with E-state index >= 15 is 0 Å². The van der Waals surface area contributed by atoms with Crippen LogP contribution in [0.15, 0.2) is 60.4 Å². The van der Waals surface area contributed by atoms with Gasteiger partial charge in [0.1, 0.15) is 54.6 Å². The van der Waals surface area contributed by atoms with E-state index in [1.807, 2.05) is 0 Å². The zero-order valence-electron chi connectivity index (χ0n) is 36.9. The fourth-order valence-electron chi connectivity index (χ4n) is 7.62. The molecule has 0 radical (unpaired) electrons. The molecular weight excluding hydrogens is 858 g/mol. The maximum atomic E-state index is 13.4. The number of carbonyl (C=O) groups is 4. The van der Waals surface area contributed by atoms with Crippen LogP contribution in [-0.4, -0.2) is 142 Å². The number of likely N-dealkylation sites (N-methyl/N-ethyl adjacent to an activating group) is 1. The Morgan fingerprint density at radius 3 is 1.97 bits per heavy atom. The Bertz CT molecular complexity index is 2010. The Morgan fingerprint density at radius 1 is 0.892 bits per heavy atom. The van der Waals surface area contributed by atoms with Gasteiger partial charge in [-0.3, -0.25) is 14.9 Å². The second-order valence-electron chi connectivity index (χ2n) is 17.2.